The lowest BCUT2D eigenvalue weighted by Gasteiger charge is -2.29. The highest BCUT2D eigenvalue weighted by atomic mass is 16.6. The Morgan fingerprint density at radius 1 is 1.25 bits per heavy atom. The van der Waals surface area contributed by atoms with Crippen LogP contribution in [0.15, 0.2) is 36.4 Å². The van der Waals surface area contributed by atoms with Gasteiger partial charge >= 0.3 is 0 Å². The number of non-ortho nitro benzene ring substituents is 1. The van der Waals surface area contributed by atoms with E-state index in [9.17, 15) is 15.2 Å². The Labute approximate surface area is 140 Å². The van der Waals surface area contributed by atoms with Gasteiger partial charge in [-0.05, 0) is 41.7 Å². The highest BCUT2D eigenvalue weighted by Gasteiger charge is 2.18. The molecule has 24 heavy (non-hydrogen) atoms. The van der Waals surface area contributed by atoms with Crippen molar-refractivity contribution >= 4 is 5.69 Å². The summed E-state index contributed by atoms with van der Waals surface area (Å²) in [4.78, 5) is 12.6. The lowest BCUT2D eigenvalue weighted by molar-refractivity contribution is -0.384. The fraction of sp³-hybridized carbons (Fsp3) is 0.333. The average Bonchev–Trinajstić information content (AvgIpc) is 2.59. The summed E-state index contributed by atoms with van der Waals surface area (Å²) in [6.45, 7) is 2.62. The van der Waals surface area contributed by atoms with Crippen LogP contribution in [0.4, 0.5) is 5.69 Å². The van der Waals surface area contributed by atoms with Crippen molar-refractivity contribution < 1.29 is 14.8 Å². The van der Waals surface area contributed by atoms with Crippen LogP contribution in [-0.4, -0.2) is 35.1 Å². The molecule has 0 unspecified atom stereocenters. The Kier molecular flexibility index (Phi) is 4.66. The first-order chi connectivity index (χ1) is 11.6. The van der Waals surface area contributed by atoms with E-state index in [2.05, 4.69) is 4.90 Å². The molecule has 0 bridgehead atoms. The normalized spacial score (nSPS) is 14.2. The van der Waals surface area contributed by atoms with Crippen molar-refractivity contribution in [3.8, 4) is 11.5 Å². The number of hydrogen-bond acceptors (Lipinski definition) is 5. The first-order valence-corrected chi connectivity index (χ1v) is 7.91. The maximum absolute atomic E-state index is 10.7. The highest BCUT2D eigenvalue weighted by Crippen LogP contribution is 2.32. The molecule has 0 spiro atoms. The van der Waals surface area contributed by atoms with Crippen molar-refractivity contribution in [2.45, 2.75) is 19.4 Å². The van der Waals surface area contributed by atoms with Gasteiger partial charge in [0, 0.05) is 31.8 Å². The number of benzene rings is 2. The summed E-state index contributed by atoms with van der Waals surface area (Å²) >= 11 is 0. The number of methoxy groups -OCH3 is 1. The molecular formula is C18H20N2O4. The summed E-state index contributed by atoms with van der Waals surface area (Å²) in [5, 5.41) is 20.6. The second kappa shape index (κ2) is 6.88. The topological polar surface area (TPSA) is 75.8 Å². The SMILES string of the molecule is COc1cc2c(cc1O)CN(CCc1ccc([N+](=O)[O-])cc1)CC2. The summed E-state index contributed by atoms with van der Waals surface area (Å²) in [6.07, 6.45) is 1.77. The van der Waals surface area contributed by atoms with Gasteiger partial charge in [-0.1, -0.05) is 12.1 Å². The number of aromatic hydroxyl groups is 1. The molecule has 0 amide bonds. The molecular weight excluding hydrogens is 308 g/mol. The maximum Gasteiger partial charge on any atom is 0.269 e. The number of phenols is 1. The number of nitro benzene ring substituents is 1. The van der Waals surface area contributed by atoms with Crippen LogP contribution in [0.1, 0.15) is 16.7 Å². The molecule has 1 aliphatic heterocycles. The van der Waals surface area contributed by atoms with E-state index in [4.69, 9.17) is 4.74 Å². The molecule has 0 fully saturated rings. The predicted molar refractivity (Wildman–Crippen MR) is 90.4 cm³/mol. The van der Waals surface area contributed by atoms with Gasteiger partial charge in [-0.25, -0.2) is 0 Å². The molecule has 2 aromatic carbocycles. The number of hydrogen-bond donors (Lipinski definition) is 1. The zero-order chi connectivity index (χ0) is 17.1. The van der Waals surface area contributed by atoms with Crippen molar-refractivity contribution in [3.63, 3.8) is 0 Å². The molecule has 1 heterocycles. The molecule has 0 saturated heterocycles. The van der Waals surface area contributed by atoms with Gasteiger partial charge in [-0.3, -0.25) is 15.0 Å². The van der Waals surface area contributed by atoms with Crippen molar-refractivity contribution in [2.24, 2.45) is 0 Å². The third-order valence-corrected chi connectivity index (χ3v) is 4.46. The van der Waals surface area contributed by atoms with Crippen molar-refractivity contribution in [1.29, 1.82) is 0 Å². The molecule has 0 aromatic heterocycles. The van der Waals surface area contributed by atoms with E-state index in [-0.39, 0.29) is 16.4 Å². The molecule has 0 aliphatic carbocycles. The fourth-order valence-electron chi connectivity index (χ4n) is 3.06. The van der Waals surface area contributed by atoms with E-state index in [1.165, 1.54) is 5.56 Å². The summed E-state index contributed by atoms with van der Waals surface area (Å²) < 4.78 is 5.16. The van der Waals surface area contributed by atoms with Crippen LogP contribution in [0.25, 0.3) is 0 Å². The Morgan fingerprint density at radius 2 is 2.00 bits per heavy atom. The summed E-state index contributed by atoms with van der Waals surface area (Å²) in [5.41, 5.74) is 3.55. The van der Waals surface area contributed by atoms with E-state index >= 15 is 0 Å². The van der Waals surface area contributed by atoms with Gasteiger partial charge in [-0.15, -0.1) is 0 Å². The molecule has 1 aliphatic rings. The smallest absolute Gasteiger partial charge is 0.269 e. The van der Waals surface area contributed by atoms with Gasteiger partial charge in [0.25, 0.3) is 5.69 Å². The van der Waals surface area contributed by atoms with Gasteiger partial charge in [0.05, 0.1) is 12.0 Å². The Bertz CT molecular complexity index is 743. The number of ether oxygens (including phenoxy) is 1. The van der Waals surface area contributed by atoms with Gasteiger partial charge in [0.15, 0.2) is 11.5 Å². The largest absolute Gasteiger partial charge is 0.504 e. The molecule has 0 atom stereocenters. The quantitative estimate of drug-likeness (QED) is 0.674. The van der Waals surface area contributed by atoms with Crippen LogP contribution < -0.4 is 4.74 Å². The monoisotopic (exact) mass is 328 g/mol. The van der Waals surface area contributed by atoms with Crippen molar-refractivity contribution in [1.82, 2.24) is 4.90 Å². The minimum absolute atomic E-state index is 0.120. The molecule has 0 saturated carbocycles. The van der Waals surface area contributed by atoms with Crippen LogP contribution in [-0.2, 0) is 19.4 Å². The number of phenolic OH excluding ortho intramolecular Hbond substituents is 1. The summed E-state index contributed by atoms with van der Waals surface area (Å²) in [7, 11) is 1.56. The van der Waals surface area contributed by atoms with E-state index in [1.54, 1.807) is 25.3 Å². The average molecular weight is 328 g/mol. The lowest BCUT2D eigenvalue weighted by atomic mass is 9.98. The van der Waals surface area contributed by atoms with E-state index in [1.807, 2.05) is 18.2 Å². The molecule has 6 nitrogen and oxygen atoms in total. The molecule has 3 rings (SSSR count). The highest BCUT2D eigenvalue weighted by molar-refractivity contribution is 5.47. The lowest BCUT2D eigenvalue weighted by Crippen LogP contribution is -2.32. The van der Waals surface area contributed by atoms with Crippen LogP contribution in [0.3, 0.4) is 0 Å². The fourth-order valence-corrected chi connectivity index (χ4v) is 3.06. The van der Waals surface area contributed by atoms with Gasteiger partial charge in [-0.2, -0.15) is 0 Å². The first-order valence-electron chi connectivity index (χ1n) is 7.91. The van der Waals surface area contributed by atoms with Crippen LogP contribution in [0.2, 0.25) is 0 Å². The minimum Gasteiger partial charge on any atom is -0.504 e. The first kappa shape index (κ1) is 16.3. The van der Waals surface area contributed by atoms with Crippen molar-refractivity contribution in [2.75, 3.05) is 20.2 Å². The van der Waals surface area contributed by atoms with E-state index in [0.29, 0.717) is 5.75 Å². The standard InChI is InChI=1S/C18H20N2O4/c1-24-18-11-14-7-9-19(12-15(14)10-17(18)21)8-6-13-2-4-16(5-3-13)20(22)23/h2-5,10-11,21H,6-9,12H2,1H3. The van der Waals surface area contributed by atoms with Gasteiger partial charge in [0.1, 0.15) is 0 Å². The third-order valence-electron chi connectivity index (χ3n) is 4.46. The predicted octanol–water partition coefficient (Wildman–Crippen LogP) is 2.91. The second-order valence-corrected chi connectivity index (χ2v) is 5.99. The second-order valence-electron chi connectivity index (χ2n) is 5.99. The summed E-state index contributed by atoms with van der Waals surface area (Å²) in [5.74, 6) is 0.696. The number of fused-ring (bicyclic) bond motifs is 1. The minimum atomic E-state index is -0.383. The zero-order valence-corrected chi connectivity index (χ0v) is 13.6. The van der Waals surface area contributed by atoms with Crippen LogP contribution >= 0.6 is 0 Å². The van der Waals surface area contributed by atoms with Gasteiger partial charge < -0.3 is 9.84 Å². The zero-order valence-electron chi connectivity index (χ0n) is 13.6. The molecule has 6 heteroatoms. The molecule has 126 valence electrons. The number of nitro groups is 1. The number of rotatable bonds is 5. The third kappa shape index (κ3) is 3.49. The van der Waals surface area contributed by atoms with Crippen molar-refractivity contribution in [3.05, 3.63) is 63.2 Å². The van der Waals surface area contributed by atoms with Crippen LogP contribution in [0, 0.1) is 10.1 Å². The van der Waals surface area contributed by atoms with Gasteiger partial charge in [0.2, 0.25) is 0 Å². The van der Waals surface area contributed by atoms with Crippen LogP contribution in [0.5, 0.6) is 11.5 Å². The van der Waals surface area contributed by atoms with E-state index < -0.39 is 0 Å². The maximum atomic E-state index is 10.7. The molecule has 2 aromatic rings. The van der Waals surface area contributed by atoms with E-state index in [0.717, 1.165) is 43.6 Å². The summed E-state index contributed by atoms with van der Waals surface area (Å²) in [6, 6.07) is 10.4. The molecule has 1 N–H and O–H groups in total. The Hall–Kier alpha value is -2.60. The number of nitrogens with zero attached hydrogens (tertiary/aromatic N) is 2. The Morgan fingerprint density at radius 3 is 2.67 bits per heavy atom. The molecule has 0 radical (unpaired) electrons. The Balaban J connectivity index is 1.61.